The molecule has 0 saturated carbocycles. The first kappa shape index (κ1) is 34.0. The Kier molecular flexibility index (Phi) is 9.90. The number of likely N-dealkylation sites (tertiary alicyclic amines) is 1. The highest BCUT2D eigenvalue weighted by Gasteiger charge is 2.36. The zero-order chi connectivity index (χ0) is 34.2. The Morgan fingerprint density at radius 2 is 1.38 bits per heavy atom. The smallest absolute Gasteiger partial charge is 0.336 e. The average Bonchev–Trinajstić information content (AvgIpc) is 3.39. The molecule has 254 valence electrons. The molecule has 3 amide bonds. The number of rotatable bonds is 12. The van der Waals surface area contributed by atoms with Crippen LogP contribution in [0.2, 0.25) is 0 Å². The number of carbonyl (C=O) groups is 4. The molecule has 0 bridgehead atoms. The topological polar surface area (TPSA) is 225 Å². The van der Waals surface area contributed by atoms with Gasteiger partial charge in [0.05, 0.1) is 34.9 Å². The number of carbonyl (C=O) groups excluding carboxylic acids is 4. The van der Waals surface area contributed by atoms with Gasteiger partial charge in [-0.15, -0.1) is 13.7 Å². The first-order chi connectivity index (χ1) is 23.0. The van der Waals surface area contributed by atoms with E-state index >= 15 is 0 Å². The van der Waals surface area contributed by atoms with E-state index in [-0.39, 0.29) is 54.8 Å². The van der Waals surface area contributed by atoms with Crippen molar-refractivity contribution in [3.05, 3.63) is 36.4 Å². The molecule has 48 heavy (non-hydrogen) atoms. The Morgan fingerprint density at radius 1 is 0.833 bits per heavy atom. The Labute approximate surface area is 278 Å². The van der Waals surface area contributed by atoms with Crippen molar-refractivity contribution in [3.63, 3.8) is 0 Å². The second-order valence-electron chi connectivity index (χ2n) is 10.7. The lowest BCUT2D eigenvalue weighted by atomic mass is 9.93. The van der Waals surface area contributed by atoms with Crippen LogP contribution in [0, 0.1) is 5.92 Å². The quantitative estimate of drug-likeness (QED) is 0.0470. The van der Waals surface area contributed by atoms with Crippen LogP contribution in [0.3, 0.4) is 0 Å². The Bertz CT molecular complexity index is 2020. The van der Waals surface area contributed by atoms with Crippen molar-refractivity contribution in [2.24, 2.45) is 5.92 Å². The summed E-state index contributed by atoms with van der Waals surface area (Å²) in [5.74, 6) is -2.73. The maximum atomic E-state index is 13.2. The van der Waals surface area contributed by atoms with Crippen molar-refractivity contribution in [1.29, 1.82) is 0 Å². The Morgan fingerprint density at radius 3 is 1.96 bits per heavy atom. The lowest BCUT2D eigenvalue weighted by Gasteiger charge is -2.31. The van der Waals surface area contributed by atoms with E-state index in [2.05, 4.69) is 18.7 Å². The number of hydrogen-bond donors (Lipinski definition) is 3. The molecule has 2 aliphatic rings. The molecule has 2 saturated heterocycles. The summed E-state index contributed by atoms with van der Waals surface area (Å²) >= 11 is 1.10. The van der Waals surface area contributed by atoms with Gasteiger partial charge in [-0.3, -0.25) is 18.9 Å². The molecule has 20 heteroatoms. The van der Waals surface area contributed by atoms with E-state index in [9.17, 15) is 32.1 Å². The number of benzene rings is 4. The summed E-state index contributed by atoms with van der Waals surface area (Å²) in [5.41, 5.74) is 0. The largest absolute Gasteiger partial charge is 0.483 e. The van der Waals surface area contributed by atoms with Gasteiger partial charge < -0.3 is 14.5 Å². The summed E-state index contributed by atoms with van der Waals surface area (Å²) in [6.07, 6.45) is 0.434. The number of hydroxylamine groups is 2. The van der Waals surface area contributed by atoms with E-state index in [0.29, 0.717) is 61.0 Å². The molecule has 0 aromatic heterocycles. The van der Waals surface area contributed by atoms with Crippen molar-refractivity contribution in [2.45, 2.75) is 40.4 Å². The van der Waals surface area contributed by atoms with E-state index in [4.69, 9.17) is 20.1 Å². The molecule has 2 heterocycles. The minimum absolute atomic E-state index is 0.0195. The van der Waals surface area contributed by atoms with Gasteiger partial charge in [-0.05, 0) is 41.8 Å². The summed E-state index contributed by atoms with van der Waals surface area (Å²) in [6, 6.07) is 9.02. The molecule has 2 aliphatic heterocycles. The van der Waals surface area contributed by atoms with Crippen LogP contribution in [-0.2, 0) is 52.9 Å². The van der Waals surface area contributed by atoms with Gasteiger partial charge in [0.2, 0.25) is 0 Å². The lowest BCUT2D eigenvalue weighted by Crippen LogP contribution is -2.44. The van der Waals surface area contributed by atoms with Crippen molar-refractivity contribution in [3.8, 4) is 5.75 Å². The SMILES string of the molecule is O=C(ON1C(=O)CCC1=O)C1CCN(C(=O)COc2cc(SOOO)c3ccc4c(SOOO)cc(S(=O)(=O)O)c5ccc2c3c45)CC1. The van der Waals surface area contributed by atoms with E-state index < -0.39 is 51.2 Å². The third-order valence-corrected chi connectivity index (χ3v) is 10.2. The van der Waals surface area contributed by atoms with Gasteiger partial charge in [-0.1, -0.05) is 28.3 Å². The Balaban J connectivity index is 1.27. The third kappa shape index (κ3) is 6.59. The van der Waals surface area contributed by atoms with Gasteiger partial charge in [0.25, 0.3) is 27.8 Å². The zero-order valence-corrected chi connectivity index (χ0v) is 26.8. The minimum Gasteiger partial charge on any atom is -0.483 e. The van der Waals surface area contributed by atoms with E-state index in [1.807, 2.05) is 0 Å². The van der Waals surface area contributed by atoms with Crippen molar-refractivity contribution >= 4 is 90.2 Å². The van der Waals surface area contributed by atoms with Crippen molar-refractivity contribution in [1.82, 2.24) is 9.96 Å². The summed E-state index contributed by atoms with van der Waals surface area (Å²) in [6.45, 7) is -0.0659. The molecule has 4 aromatic rings. The highest BCUT2D eigenvalue weighted by Crippen LogP contribution is 2.47. The predicted octanol–water partition coefficient (Wildman–Crippen LogP) is 3.91. The summed E-state index contributed by atoms with van der Waals surface area (Å²) < 4.78 is 50.1. The fourth-order valence-corrected chi connectivity index (χ4v) is 7.70. The standard InChI is InChI=1S/C28H24N2O15S3/c31-23-5-6-24(32)30(23)41-28(34)14-7-9-29(10-8-14)25(33)13-40-19-11-20(46-44-42-35)16-2-3-17-21(47-45-43-36)12-22(48(37,38)39)18-4-1-15(19)26(16)27(17)18/h1-4,11-12,14,35-36H,5-10,13H2,(H,37,38,39). The third-order valence-electron chi connectivity index (χ3n) is 8.05. The predicted molar refractivity (Wildman–Crippen MR) is 163 cm³/mol. The number of imide groups is 1. The fraction of sp³-hybridized carbons (Fsp3) is 0.286. The van der Waals surface area contributed by atoms with Crippen LogP contribution in [-0.4, -0.2) is 76.8 Å². The van der Waals surface area contributed by atoms with E-state index in [1.54, 1.807) is 18.2 Å². The molecular weight excluding hydrogens is 701 g/mol. The second-order valence-corrected chi connectivity index (χ2v) is 13.6. The number of piperidine rings is 1. The van der Waals surface area contributed by atoms with Crippen LogP contribution in [0.1, 0.15) is 25.7 Å². The number of ether oxygens (including phenoxy) is 1. The highest BCUT2D eigenvalue weighted by molar-refractivity contribution is 7.95. The van der Waals surface area contributed by atoms with Crippen LogP contribution in [0.4, 0.5) is 0 Å². The molecule has 0 unspecified atom stereocenters. The maximum absolute atomic E-state index is 13.2. The summed E-state index contributed by atoms with van der Waals surface area (Å²) in [5, 5.41) is 27.8. The van der Waals surface area contributed by atoms with Crippen LogP contribution in [0.25, 0.3) is 32.3 Å². The summed E-state index contributed by atoms with van der Waals surface area (Å²) in [7, 11) is -4.76. The molecule has 0 aliphatic carbocycles. The van der Waals surface area contributed by atoms with Crippen LogP contribution < -0.4 is 4.74 Å². The van der Waals surface area contributed by atoms with Gasteiger partial charge in [-0.25, -0.2) is 15.3 Å². The molecule has 6 rings (SSSR count). The van der Waals surface area contributed by atoms with Gasteiger partial charge >= 0.3 is 5.97 Å². The molecule has 0 atom stereocenters. The highest BCUT2D eigenvalue weighted by atomic mass is 32.2. The van der Waals surface area contributed by atoms with Gasteiger partial charge in [-0.2, -0.15) is 8.42 Å². The molecule has 2 fully saturated rings. The van der Waals surface area contributed by atoms with Crippen LogP contribution in [0.5, 0.6) is 5.75 Å². The second kappa shape index (κ2) is 14.0. The van der Waals surface area contributed by atoms with E-state index in [1.165, 1.54) is 17.0 Å². The Hall–Kier alpha value is -3.83. The van der Waals surface area contributed by atoms with E-state index in [0.717, 1.165) is 6.07 Å². The fourth-order valence-electron chi connectivity index (χ4n) is 5.86. The minimum atomic E-state index is -4.76. The summed E-state index contributed by atoms with van der Waals surface area (Å²) in [4.78, 5) is 55.9. The van der Waals surface area contributed by atoms with Crippen LogP contribution >= 0.6 is 24.1 Å². The molecule has 3 N–H and O–H groups in total. The first-order valence-corrected chi connectivity index (χ1v) is 17.0. The normalized spacial score (nSPS) is 16.1. The molecule has 4 aromatic carbocycles. The average molecular weight is 725 g/mol. The monoisotopic (exact) mass is 724 g/mol. The van der Waals surface area contributed by atoms with Gasteiger partial charge in [0, 0.05) is 52.4 Å². The number of nitrogens with zero attached hydrogens (tertiary/aromatic N) is 2. The van der Waals surface area contributed by atoms with Gasteiger partial charge in [0.15, 0.2) is 6.61 Å². The molecule has 0 spiro atoms. The molecular formula is C28H24N2O15S3. The molecule has 17 nitrogen and oxygen atoms in total. The first-order valence-electron chi connectivity index (χ1n) is 14.1. The van der Waals surface area contributed by atoms with Crippen LogP contribution in [0.15, 0.2) is 51.1 Å². The maximum Gasteiger partial charge on any atom is 0.336 e. The zero-order valence-electron chi connectivity index (χ0n) is 24.4. The van der Waals surface area contributed by atoms with Crippen molar-refractivity contribution in [2.75, 3.05) is 19.7 Å². The number of amides is 3. The lowest BCUT2D eigenvalue weighted by molar-refractivity contribution is -0.432. The number of hydrogen-bond acceptors (Lipinski definition) is 16. The molecule has 0 radical (unpaired) electrons. The van der Waals surface area contributed by atoms with Crippen molar-refractivity contribution < 1.29 is 71.0 Å². The van der Waals surface area contributed by atoms with Gasteiger partial charge in [0.1, 0.15) is 10.6 Å².